The molecule has 0 fully saturated rings. The first-order chi connectivity index (χ1) is 22.1. The summed E-state index contributed by atoms with van der Waals surface area (Å²) in [4.78, 5) is 64.3. The van der Waals surface area contributed by atoms with E-state index in [1.165, 1.54) is 12.1 Å². The molecule has 1 aliphatic rings. The van der Waals surface area contributed by atoms with Gasteiger partial charge in [-0.25, -0.2) is 9.97 Å². The van der Waals surface area contributed by atoms with Crippen molar-refractivity contribution in [2.75, 3.05) is 22.6 Å². The van der Waals surface area contributed by atoms with Crippen LogP contribution < -0.4 is 16.0 Å². The average molecular weight is 615 g/mol. The lowest BCUT2D eigenvalue weighted by Gasteiger charge is -2.28. The van der Waals surface area contributed by atoms with Crippen LogP contribution in [-0.2, 0) is 19.1 Å². The van der Waals surface area contributed by atoms with Crippen molar-refractivity contribution in [2.45, 2.75) is 26.7 Å². The lowest BCUT2D eigenvalue weighted by atomic mass is 9.77. The SMILES string of the molecule is C#CCOC(=O)C1(C)C=C(C(=O)Nc2cccc(C(=O)Nc3ccc(Nc4nccc(-c5cccnc5)n4)c(C)c3)c2)C(=O)CC1. The number of terminal acetylenes is 1. The Balaban J connectivity index is 1.24. The number of carbonyl (C=O) groups excluding carboxylic acids is 4. The summed E-state index contributed by atoms with van der Waals surface area (Å²) in [7, 11) is 0. The van der Waals surface area contributed by atoms with Crippen LogP contribution in [0.2, 0.25) is 0 Å². The van der Waals surface area contributed by atoms with Gasteiger partial charge in [0.1, 0.15) is 0 Å². The number of anilines is 4. The molecule has 1 aliphatic carbocycles. The number of hydrogen-bond donors (Lipinski definition) is 3. The minimum absolute atomic E-state index is 0.00188. The molecular weight excluding hydrogens is 584 g/mol. The van der Waals surface area contributed by atoms with Crippen LogP contribution in [0.1, 0.15) is 35.7 Å². The van der Waals surface area contributed by atoms with Crippen molar-refractivity contribution >= 4 is 46.6 Å². The van der Waals surface area contributed by atoms with Crippen molar-refractivity contribution in [3.05, 3.63) is 102 Å². The number of hydrogen-bond acceptors (Lipinski definition) is 9. The topological polar surface area (TPSA) is 152 Å². The van der Waals surface area contributed by atoms with Gasteiger partial charge in [0.25, 0.3) is 11.8 Å². The minimum Gasteiger partial charge on any atom is -0.452 e. The fourth-order valence-corrected chi connectivity index (χ4v) is 4.84. The monoisotopic (exact) mass is 614 g/mol. The first-order valence-corrected chi connectivity index (χ1v) is 14.4. The van der Waals surface area contributed by atoms with Crippen molar-refractivity contribution < 1.29 is 23.9 Å². The highest BCUT2D eigenvalue weighted by atomic mass is 16.5. The molecule has 230 valence electrons. The van der Waals surface area contributed by atoms with E-state index in [1.54, 1.807) is 55.8 Å². The molecule has 0 spiro atoms. The molecule has 2 amide bonds. The van der Waals surface area contributed by atoms with Crippen LogP contribution in [0.15, 0.2) is 90.9 Å². The van der Waals surface area contributed by atoms with Gasteiger partial charge in [-0.15, -0.1) is 6.42 Å². The van der Waals surface area contributed by atoms with E-state index >= 15 is 0 Å². The van der Waals surface area contributed by atoms with E-state index in [1.807, 2.05) is 31.2 Å². The van der Waals surface area contributed by atoms with E-state index in [0.29, 0.717) is 17.3 Å². The summed E-state index contributed by atoms with van der Waals surface area (Å²) >= 11 is 0. The summed E-state index contributed by atoms with van der Waals surface area (Å²) in [5, 5.41) is 8.74. The Morgan fingerprint density at radius 3 is 2.57 bits per heavy atom. The summed E-state index contributed by atoms with van der Waals surface area (Å²) in [6.07, 6.45) is 11.8. The van der Waals surface area contributed by atoms with Crippen LogP contribution in [0, 0.1) is 24.7 Å². The Morgan fingerprint density at radius 1 is 1.00 bits per heavy atom. The van der Waals surface area contributed by atoms with Crippen molar-refractivity contribution in [3.8, 4) is 23.6 Å². The van der Waals surface area contributed by atoms with Crippen LogP contribution in [0.4, 0.5) is 23.0 Å². The summed E-state index contributed by atoms with van der Waals surface area (Å²) in [5.41, 5.74) is 3.02. The lowest BCUT2D eigenvalue weighted by Crippen LogP contribution is -2.35. The number of Topliss-reactive ketones (excluding diaryl/α,β-unsaturated/α-hetero) is 1. The number of ether oxygens (including phenoxy) is 1. The quantitative estimate of drug-likeness (QED) is 0.130. The maximum atomic E-state index is 13.1. The third kappa shape index (κ3) is 7.31. The lowest BCUT2D eigenvalue weighted by molar-refractivity contribution is -0.151. The number of carbonyl (C=O) groups is 4. The Bertz CT molecular complexity index is 1900. The van der Waals surface area contributed by atoms with Crippen molar-refractivity contribution in [1.29, 1.82) is 0 Å². The summed E-state index contributed by atoms with van der Waals surface area (Å²) in [5.74, 6) is 0.553. The molecule has 1 unspecified atom stereocenters. The summed E-state index contributed by atoms with van der Waals surface area (Å²) in [6.45, 7) is 3.28. The molecule has 11 nitrogen and oxygen atoms in total. The Morgan fingerprint density at radius 2 is 1.80 bits per heavy atom. The normalized spacial score (nSPS) is 15.6. The molecule has 4 aromatic rings. The number of pyridine rings is 1. The van der Waals surface area contributed by atoms with E-state index in [4.69, 9.17) is 11.2 Å². The predicted octanol–water partition coefficient (Wildman–Crippen LogP) is 5.25. The van der Waals surface area contributed by atoms with E-state index < -0.39 is 29.0 Å². The van der Waals surface area contributed by atoms with Gasteiger partial charge in [-0.2, -0.15) is 0 Å². The molecule has 0 radical (unpaired) electrons. The van der Waals surface area contributed by atoms with Gasteiger partial charge in [0.15, 0.2) is 12.4 Å². The standard InChI is InChI=1S/C35H30N6O5/c1-4-17-46-33(45)35(3)14-12-30(42)27(20-35)32(44)39-25-9-5-7-23(19-25)31(43)38-26-10-11-28(22(2)18-26)40-34-37-16-13-29(41-34)24-8-6-15-36-21-24/h1,5-11,13,15-16,18-21H,12,14,17H2,2-3H3,(H,38,43)(H,39,44)(H,37,40,41). The Labute approximate surface area is 265 Å². The fraction of sp³-hybridized carbons (Fsp3) is 0.171. The molecule has 2 heterocycles. The molecule has 0 saturated carbocycles. The van der Waals surface area contributed by atoms with Crippen molar-refractivity contribution in [2.24, 2.45) is 5.41 Å². The van der Waals surface area contributed by atoms with E-state index in [0.717, 1.165) is 22.5 Å². The first-order valence-electron chi connectivity index (χ1n) is 14.4. The van der Waals surface area contributed by atoms with Gasteiger partial charge >= 0.3 is 5.97 Å². The third-order valence-electron chi connectivity index (χ3n) is 7.36. The molecule has 2 aromatic heterocycles. The van der Waals surface area contributed by atoms with Crippen molar-refractivity contribution in [1.82, 2.24) is 15.0 Å². The maximum Gasteiger partial charge on any atom is 0.316 e. The summed E-state index contributed by atoms with van der Waals surface area (Å²) in [6, 6.07) is 17.2. The smallest absolute Gasteiger partial charge is 0.316 e. The Kier molecular flexibility index (Phi) is 9.28. The predicted molar refractivity (Wildman–Crippen MR) is 173 cm³/mol. The van der Waals surface area contributed by atoms with Crippen LogP contribution in [0.25, 0.3) is 11.3 Å². The Hall–Kier alpha value is -6.15. The van der Waals surface area contributed by atoms with Gasteiger partial charge in [-0.3, -0.25) is 24.2 Å². The molecule has 11 heteroatoms. The van der Waals surface area contributed by atoms with Gasteiger partial charge in [-0.05, 0) is 80.4 Å². The molecule has 5 rings (SSSR count). The van der Waals surface area contributed by atoms with Crippen LogP contribution >= 0.6 is 0 Å². The molecule has 2 aromatic carbocycles. The van der Waals surface area contributed by atoms with E-state index in [9.17, 15) is 19.2 Å². The van der Waals surface area contributed by atoms with Gasteiger partial charge in [-0.1, -0.05) is 18.1 Å². The number of nitrogens with one attached hydrogen (secondary N) is 3. The second-order valence-corrected chi connectivity index (χ2v) is 10.8. The van der Waals surface area contributed by atoms with Gasteiger partial charge in [0.2, 0.25) is 5.95 Å². The van der Waals surface area contributed by atoms with Crippen LogP contribution in [-0.4, -0.2) is 45.1 Å². The highest BCUT2D eigenvalue weighted by molar-refractivity contribution is 6.24. The largest absolute Gasteiger partial charge is 0.452 e. The van der Waals surface area contributed by atoms with Crippen LogP contribution in [0.5, 0.6) is 0 Å². The molecule has 0 aliphatic heterocycles. The fourth-order valence-electron chi connectivity index (χ4n) is 4.84. The second kappa shape index (κ2) is 13.7. The zero-order chi connectivity index (χ0) is 32.7. The number of amides is 2. The zero-order valence-electron chi connectivity index (χ0n) is 25.2. The number of rotatable bonds is 9. The van der Waals surface area contributed by atoms with Gasteiger partial charge in [0.05, 0.1) is 16.7 Å². The number of aryl methyl sites for hydroxylation is 1. The zero-order valence-corrected chi connectivity index (χ0v) is 25.2. The highest BCUT2D eigenvalue weighted by Crippen LogP contribution is 2.34. The number of nitrogens with zero attached hydrogens (tertiary/aromatic N) is 3. The summed E-state index contributed by atoms with van der Waals surface area (Å²) < 4.78 is 5.05. The number of aromatic nitrogens is 3. The number of benzene rings is 2. The maximum absolute atomic E-state index is 13.1. The highest BCUT2D eigenvalue weighted by Gasteiger charge is 2.39. The van der Waals surface area contributed by atoms with Gasteiger partial charge in [0, 0.05) is 53.2 Å². The third-order valence-corrected chi connectivity index (χ3v) is 7.36. The molecule has 0 bridgehead atoms. The molecule has 3 N–H and O–H groups in total. The molecule has 46 heavy (non-hydrogen) atoms. The average Bonchev–Trinajstić information content (AvgIpc) is 3.06. The molecular formula is C35H30N6O5. The first kappa shape index (κ1) is 31.3. The minimum atomic E-state index is -1.17. The second-order valence-electron chi connectivity index (χ2n) is 10.8. The molecule has 0 saturated heterocycles. The van der Waals surface area contributed by atoms with Crippen molar-refractivity contribution in [3.63, 3.8) is 0 Å². The number of esters is 1. The van der Waals surface area contributed by atoms with E-state index in [2.05, 4.69) is 36.8 Å². The molecule has 1 atom stereocenters. The van der Waals surface area contributed by atoms with Crippen LogP contribution in [0.3, 0.4) is 0 Å². The van der Waals surface area contributed by atoms with E-state index in [-0.39, 0.29) is 30.6 Å². The van der Waals surface area contributed by atoms with Gasteiger partial charge < -0.3 is 20.7 Å². The number of ketones is 1.